The Balaban J connectivity index is 1.44. The fraction of sp³-hybridized carbons (Fsp3) is 0.418. The van der Waals surface area contributed by atoms with Crippen LogP contribution >= 0.6 is 11.3 Å². The Kier molecular flexibility index (Phi) is 8.60. The first-order valence-corrected chi connectivity index (χ1v) is 22.8. The highest BCUT2D eigenvalue weighted by Gasteiger charge is 2.49. The van der Waals surface area contributed by atoms with Gasteiger partial charge in [-0.05, 0) is 138 Å². The van der Waals surface area contributed by atoms with Crippen molar-refractivity contribution in [3.05, 3.63) is 124 Å². The summed E-state index contributed by atoms with van der Waals surface area (Å²) in [5, 5.41) is 1.36. The minimum absolute atomic E-state index is 0.0285. The van der Waals surface area contributed by atoms with Crippen molar-refractivity contribution in [1.29, 1.82) is 0 Å². The largest absolute Gasteiger partial charge is 0.311 e. The lowest BCUT2D eigenvalue weighted by Crippen LogP contribution is -2.60. The smallest absolute Gasteiger partial charge is 0.264 e. The average Bonchev–Trinajstić information content (AvgIpc) is 3.59. The fourth-order valence-corrected chi connectivity index (χ4v) is 11.9. The van der Waals surface area contributed by atoms with Gasteiger partial charge in [-0.15, -0.1) is 11.3 Å². The van der Waals surface area contributed by atoms with E-state index in [1.807, 2.05) is 11.3 Å². The molecule has 0 fully saturated rings. The number of fused-ring (bicyclic) bond motifs is 7. The molecule has 2 aliphatic heterocycles. The van der Waals surface area contributed by atoms with Gasteiger partial charge in [-0.3, -0.25) is 0 Å². The number of rotatable bonds is 2. The molecular weight excluding hydrogens is 731 g/mol. The van der Waals surface area contributed by atoms with Crippen LogP contribution in [0.15, 0.2) is 91.0 Å². The highest BCUT2D eigenvalue weighted by molar-refractivity contribution is 7.33. The molecule has 9 rings (SSSR count). The second-order valence-electron chi connectivity index (χ2n) is 23.6. The van der Waals surface area contributed by atoms with Crippen LogP contribution in [-0.4, -0.2) is 6.71 Å². The van der Waals surface area contributed by atoms with E-state index in [9.17, 15) is 0 Å². The van der Waals surface area contributed by atoms with E-state index >= 15 is 0 Å². The van der Waals surface area contributed by atoms with Crippen LogP contribution in [-0.2, 0) is 32.5 Å². The van der Waals surface area contributed by atoms with Crippen molar-refractivity contribution in [2.24, 2.45) is 0 Å². The summed E-state index contributed by atoms with van der Waals surface area (Å²) in [6.45, 7) is 38.0. The lowest BCUT2D eigenvalue weighted by Gasteiger charge is -2.45. The van der Waals surface area contributed by atoms with Gasteiger partial charge in [0.05, 0.1) is 5.69 Å². The zero-order chi connectivity index (χ0) is 42.6. The molecule has 6 aromatic rings. The number of anilines is 6. The van der Waals surface area contributed by atoms with Crippen LogP contribution in [0.5, 0.6) is 0 Å². The number of hydrogen-bond donors (Lipinski definition) is 0. The predicted octanol–water partition coefficient (Wildman–Crippen LogP) is 14.1. The maximum atomic E-state index is 2.66. The monoisotopic (exact) mass is 796 g/mol. The van der Waals surface area contributed by atoms with E-state index in [1.54, 1.807) is 0 Å². The van der Waals surface area contributed by atoms with Gasteiger partial charge in [0.1, 0.15) is 0 Å². The van der Waals surface area contributed by atoms with Crippen LogP contribution in [0, 0.1) is 0 Å². The van der Waals surface area contributed by atoms with Crippen LogP contribution in [0.1, 0.15) is 151 Å². The first-order chi connectivity index (χ1) is 27.3. The molecule has 1 aromatic heterocycles. The quantitative estimate of drug-likeness (QED) is 0.161. The molecular formula is C55H65BN2S. The van der Waals surface area contributed by atoms with Crippen LogP contribution in [0.25, 0.3) is 10.1 Å². The Morgan fingerprint density at radius 2 is 0.949 bits per heavy atom. The Bertz CT molecular complexity index is 2660. The summed E-state index contributed by atoms with van der Waals surface area (Å²) < 4.78 is 2.80. The molecule has 2 nitrogen and oxygen atoms in total. The molecule has 0 spiro atoms. The van der Waals surface area contributed by atoms with E-state index in [-0.39, 0.29) is 39.2 Å². The zero-order valence-corrected chi connectivity index (χ0v) is 39.6. The summed E-state index contributed by atoms with van der Waals surface area (Å²) in [5.41, 5.74) is 19.2. The van der Waals surface area contributed by atoms with E-state index in [0.29, 0.717) is 0 Å². The molecule has 0 N–H and O–H groups in total. The van der Waals surface area contributed by atoms with Crippen LogP contribution in [0.4, 0.5) is 34.1 Å². The molecule has 0 amide bonds. The Labute approximate surface area is 360 Å². The second kappa shape index (κ2) is 12.6. The van der Waals surface area contributed by atoms with Gasteiger partial charge < -0.3 is 9.80 Å². The summed E-state index contributed by atoms with van der Waals surface area (Å²) in [6.07, 6.45) is 1.14. The number of hydrogen-bond acceptors (Lipinski definition) is 3. The highest BCUT2D eigenvalue weighted by atomic mass is 32.1. The van der Waals surface area contributed by atoms with Gasteiger partial charge in [-0.1, -0.05) is 147 Å². The molecule has 304 valence electrons. The molecule has 5 aromatic carbocycles. The molecule has 0 unspecified atom stereocenters. The summed E-state index contributed by atoms with van der Waals surface area (Å²) in [7, 11) is 0. The summed E-state index contributed by atoms with van der Waals surface area (Å²) >= 11 is 2.01. The molecule has 1 aliphatic carbocycles. The van der Waals surface area contributed by atoms with Crippen molar-refractivity contribution in [2.45, 2.75) is 150 Å². The molecule has 0 saturated carbocycles. The summed E-state index contributed by atoms with van der Waals surface area (Å²) in [5.74, 6) is 0. The van der Waals surface area contributed by atoms with E-state index in [2.05, 4.69) is 212 Å². The first kappa shape index (κ1) is 40.1. The van der Waals surface area contributed by atoms with Crippen LogP contribution < -0.4 is 25.5 Å². The van der Waals surface area contributed by atoms with Crippen molar-refractivity contribution in [1.82, 2.24) is 0 Å². The van der Waals surface area contributed by atoms with Crippen LogP contribution in [0.3, 0.4) is 0 Å². The maximum absolute atomic E-state index is 2.66. The number of thiophene rings is 1. The minimum Gasteiger partial charge on any atom is -0.311 e. The zero-order valence-electron chi connectivity index (χ0n) is 38.7. The van der Waals surface area contributed by atoms with Gasteiger partial charge in [0.15, 0.2) is 0 Å². The van der Waals surface area contributed by atoms with E-state index in [1.165, 1.54) is 93.3 Å². The molecule has 0 bridgehead atoms. The minimum atomic E-state index is -0.0782. The third kappa shape index (κ3) is 6.33. The Morgan fingerprint density at radius 3 is 1.46 bits per heavy atom. The van der Waals surface area contributed by atoms with Crippen molar-refractivity contribution >= 4 is 78.0 Å². The van der Waals surface area contributed by atoms with Gasteiger partial charge in [0.25, 0.3) is 6.71 Å². The second-order valence-corrected chi connectivity index (χ2v) is 24.6. The van der Waals surface area contributed by atoms with Crippen molar-refractivity contribution < 1.29 is 0 Å². The Morgan fingerprint density at radius 1 is 0.492 bits per heavy atom. The van der Waals surface area contributed by atoms with Crippen LogP contribution in [0.2, 0.25) is 0 Å². The van der Waals surface area contributed by atoms with Gasteiger partial charge in [-0.25, -0.2) is 0 Å². The average molecular weight is 797 g/mol. The lowest BCUT2D eigenvalue weighted by molar-refractivity contribution is 0.403. The molecule has 0 atom stereocenters. The van der Waals surface area contributed by atoms with Crippen molar-refractivity contribution in [2.75, 3.05) is 9.80 Å². The first-order valence-electron chi connectivity index (χ1n) is 22.0. The van der Waals surface area contributed by atoms with Gasteiger partial charge in [-0.2, -0.15) is 0 Å². The van der Waals surface area contributed by atoms with Gasteiger partial charge in [0.2, 0.25) is 0 Å². The lowest BCUT2D eigenvalue weighted by atomic mass is 9.36. The van der Waals surface area contributed by atoms with Crippen molar-refractivity contribution in [3.8, 4) is 0 Å². The van der Waals surface area contributed by atoms with E-state index in [4.69, 9.17) is 0 Å². The summed E-state index contributed by atoms with van der Waals surface area (Å²) in [4.78, 5) is 5.30. The van der Waals surface area contributed by atoms with Gasteiger partial charge >= 0.3 is 0 Å². The van der Waals surface area contributed by atoms with Gasteiger partial charge in [0, 0.05) is 43.3 Å². The normalized spacial score (nSPS) is 16.9. The SMILES string of the molecule is CC(C)(C)c1ccc(N2c3cc4c(cc3B3c5sc6ccc(C(C)(C)C)cc6c5N(c5ccc(C(C)(C)C)cc5)c5cc(C(C)(C)C)cc2c53)C(C)(C)CC4(C)C)cc1. The molecule has 3 heterocycles. The van der Waals surface area contributed by atoms with Crippen molar-refractivity contribution in [3.63, 3.8) is 0 Å². The Hall–Kier alpha value is -4.28. The highest BCUT2D eigenvalue weighted by Crippen LogP contribution is 2.54. The summed E-state index contributed by atoms with van der Waals surface area (Å²) in [6, 6.07) is 36.7. The third-order valence-corrected chi connectivity index (χ3v) is 15.1. The molecule has 0 radical (unpaired) electrons. The third-order valence-electron chi connectivity index (χ3n) is 13.9. The molecule has 0 saturated heterocycles. The predicted molar refractivity (Wildman–Crippen MR) is 261 cm³/mol. The maximum Gasteiger partial charge on any atom is 0.264 e. The van der Waals surface area contributed by atoms with E-state index in [0.717, 1.165) is 6.42 Å². The molecule has 4 heteroatoms. The molecule has 3 aliphatic rings. The topological polar surface area (TPSA) is 6.48 Å². The molecule has 59 heavy (non-hydrogen) atoms. The number of benzene rings is 5. The fourth-order valence-electron chi connectivity index (χ4n) is 10.6. The number of nitrogens with zero attached hydrogens (tertiary/aromatic N) is 2. The standard InChI is InChI=1S/C55H65BN2S/c1-50(2,3)33-17-22-37(23-18-33)57-43-31-41-40(54(13,14)32-55(41,15)16)30-42(43)56-47-44(57)28-36(53(10,11)12)29-45(47)58(38-24-19-34(20-25-38)51(4,5)6)48-39-27-35(52(7,8)9)21-26-46(39)59-49(48)56/h17-31H,32H2,1-16H3. The van der Waals surface area contributed by atoms with E-state index < -0.39 is 0 Å².